The van der Waals surface area contributed by atoms with Crippen LogP contribution < -0.4 is 9.47 Å². The number of hydrogen-bond donors (Lipinski definition) is 0. The highest BCUT2D eigenvalue weighted by molar-refractivity contribution is 7.92. The van der Waals surface area contributed by atoms with Gasteiger partial charge in [0.15, 0.2) is 27.1 Å². The van der Waals surface area contributed by atoms with Gasteiger partial charge in [-0.15, -0.1) is 0 Å². The fourth-order valence-corrected chi connectivity index (χ4v) is 3.93. The van der Waals surface area contributed by atoms with E-state index in [9.17, 15) is 22.8 Å². The highest BCUT2D eigenvalue weighted by Crippen LogP contribution is 2.33. The normalized spacial score (nSPS) is 18.5. The molecule has 0 aromatic heterocycles. The fourth-order valence-electron chi connectivity index (χ4n) is 2.76. The van der Waals surface area contributed by atoms with Crippen molar-refractivity contribution in [3.05, 3.63) is 23.8 Å². The van der Waals surface area contributed by atoms with Crippen molar-refractivity contribution in [1.82, 2.24) is 4.90 Å². The van der Waals surface area contributed by atoms with Gasteiger partial charge in [-0.1, -0.05) is 0 Å². The third kappa shape index (κ3) is 4.93. The van der Waals surface area contributed by atoms with E-state index in [0.29, 0.717) is 17.1 Å². The maximum atomic E-state index is 12.7. The Morgan fingerprint density at radius 2 is 1.77 bits per heavy atom. The molecule has 1 amide bonds. The summed E-state index contributed by atoms with van der Waals surface area (Å²) in [5, 5.41) is 0. The Bertz CT molecular complexity index is 948. The molecule has 2 heterocycles. The van der Waals surface area contributed by atoms with Crippen molar-refractivity contribution in [3.8, 4) is 11.5 Å². The van der Waals surface area contributed by atoms with Crippen LogP contribution in [0.2, 0.25) is 0 Å². The summed E-state index contributed by atoms with van der Waals surface area (Å²) in [5.41, 5.74) is 0.328. The molecule has 12 heteroatoms. The molecule has 0 spiro atoms. The van der Waals surface area contributed by atoms with Crippen molar-refractivity contribution in [2.24, 2.45) is 0 Å². The van der Waals surface area contributed by atoms with E-state index in [-0.39, 0.29) is 24.1 Å². The van der Waals surface area contributed by atoms with Crippen LogP contribution in [0.15, 0.2) is 18.2 Å². The number of carbonyl (C=O) groups excluding carboxylic acids is 3. The van der Waals surface area contributed by atoms with Crippen molar-refractivity contribution < 1.29 is 46.5 Å². The van der Waals surface area contributed by atoms with Crippen LogP contribution in [-0.4, -0.2) is 75.1 Å². The number of benzene rings is 1. The van der Waals surface area contributed by atoms with Gasteiger partial charge in [-0.25, -0.2) is 18.0 Å². The zero-order chi connectivity index (χ0) is 22.1. The molecule has 1 fully saturated rings. The molecule has 2 aliphatic heterocycles. The van der Waals surface area contributed by atoms with Crippen molar-refractivity contribution in [3.63, 3.8) is 0 Å². The van der Waals surface area contributed by atoms with E-state index in [1.165, 1.54) is 27.0 Å². The molecular weight excluding hydrogens is 422 g/mol. The summed E-state index contributed by atoms with van der Waals surface area (Å²) in [5.74, 6) is 0.0890. The van der Waals surface area contributed by atoms with Gasteiger partial charge in [-0.3, -0.25) is 4.79 Å². The van der Waals surface area contributed by atoms with Gasteiger partial charge in [0, 0.05) is 19.5 Å². The van der Waals surface area contributed by atoms with E-state index in [1.54, 1.807) is 12.1 Å². The van der Waals surface area contributed by atoms with Crippen LogP contribution in [-0.2, 0) is 24.0 Å². The number of ether oxygens (including phenoxy) is 5. The molecule has 3 rings (SSSR count). The standard InChI is InChI=1S/C18H21NO10S/c1-10(16(20)12-4-5-14-15(6-12)26-9-25-14)19(3)17(21)27-11(2)28-18(22)29-13-7-30(23,24)8-13/h4-6,10-11,13H,7-9H2,1-3H3. The van der Waals surface area contributed by atoms with E-state index in [0.717, 1.165) is 4.90 Å². The van der Waals surface area contributed by atoms with Crippen LogP contribution in [0.25, 0.3) is 0 Å². The van der Waals surface area contributed by atoms with Crippen LogP contribution in [0.1, 0.15) is 24.2 Å². The Balaban J connectivity index is 1.49. The first-order valence-electron chi connectivity index (χ1n) is 9.01. The number of Topliss-reactive ketones (excluding diaryl/α,β-unsaturated/α-hetero) is 1. The SMILES string of the molecule is CC(OC(=O)OC1CS(=O)(=O)C1)OC(=O)N(C)C(C)C(=O)c1ccc2c(c1)OCO2. The minimum absolute atomic E-state index is 0.0750. The van der Waals surface area contributed by atoms with Crippen LogP contribution in [0.3, 0.4) is 0 Å². The Labute approximate surface area is 172 Å². The predicted octanol–water partition coefficient (Wildman–Crippen LogP) is 1.35. The monoisotopic (exact) mass is 443 g/mol. The van der Waals surface area contributed by atoms with Gasteiger partial charge >= 0.3 is 12.2 Å². The van der Waals surface area contributed by atoms with E-state index in [2.05, 4.69) is 0 Å². The average Bonchev–Trinajstić information content (AvgIpc) is 3.12. The number of nitrogens with zero attached hydrogens (tertiary/aromatic N) is 1. The lowest BCUT2D eigenvalue weighted by Crippen LogP contribution is -2.45. The topological polar surface area (TPSA) is 135 Å². The molecule has 2 unspecified atom stereocenters. The summed E-state index contributed by atoms with van der Waals surface area (Å²) < 4.78 is 47.1. The second-order valence-electron chi connectivity index (χ2n) is 6.86. The zero-order valence-corrected chi connectivity index (χ0v) is 17.3. The third-order valence-corrected chi connectivity index (χ3v) is 6.34. The van der Waals surface area contributed by atoms with Gasteiger partial charge in [0.2, 0.25) is 13.1 Å². The molecule has 0 saturated carbocycles. The number of hydrogen-bond acceptors (Lipinski definition) is 10. The lowest BCUT2D eigenvalue weighted by Gasteiger charge is -2.27. The summed E-state index contributed by atoms with van der Waals surface area (Å²) in [6, 6.07) is 3.82. The average molecular weight is 443 g/mol. The Hall–Kier alpha value is -3.02. The largest absolute Gasteiger partial charge is 0.511 e. The molecule has 2 aliphatic rings. The number of sulfone groups is 1. The molecule has 1 aromatic carbocycles. The summed E-state index contributed by atoms with van der Waals surface area (Å²) in [4.78, 5) is 37.6. The second-order valence-corrected chi connectivity index (χ2v) is 9.01. The quantitative estimate of drug-likeness (QED) is 0.360. The van der Waals surface area contributed by atoms with Crippen molar-refractivity contribution in [2.75, 3.05) is 25.3 Å². The minimum atomic E-state index is -3.15. The summed E-state index contributed by atoms with van der Waals surface area (Å²) in [7, 11) is -1.79. The Kier molecular flexibility index (Phi) is 6.06. The molecule has 0 radical (unpaired) electrons. The molecule has 1 saturated heterocycles. The number of ketones is 1. The van der Waals surface area contributed by atoms with Crippen LogP contribution in [0, 0.1) is 0 Å². The minimum Gasteiger partial charge on any atom is -0.454 e. The summed E-state index contributed by atoms with van der Waals surface area (Å²) in [6.45, 7) is 2.88. The van der Waals surface area contributed by atoms with Gasteiger partial charge in [0.25, 0.3) is 0 Å². The second kappa shape index (κ2) is 8.38. The van der Waals surface area contributed by atoms with Gasteiger partial charge in [0.1, 0.15) is 6.10 Å². The summed E-state index contributed by atoms with van der Waals surface area (Å²) >= 11 is 0. The molecule has 164 valence electrons. The first-order chi connectivity index (χ1) is 14.1. The fraction of sp³-hybridized carbons (Fsp3) is 0.500. The Morgan fingerprint density at radius 3 is 2.43 bits per heavy atom. The molecule has 11 nitrogen and oxygen atoms in total. The van der Waals surface area contributed by atoms with E-state index >= 15 is 0 Å². The lowest BCUT2D eigenvalue weighted by molar-refractivity contribution is -0.0877. The number of rotatable bonds is 6. The van der Waals surface area contributed by atoms with E-state index in [4.69, 9.17) is 23.7 Å². The predicted molar refractivity (Wildman–Crippen MR) is 100 cm³/mol. The smallest absolute Gasteiger partial charge is 0.454 e. The molecule has 0 N–H and O–H groups in total. The molecule has 0 bridgehead atoms. The van der Waals surface area contributed by atoms with Gasteiger partial charge in [-0.2, -0.15) is 0 Å². The highest BCUT2D eigenvalue weighted by Gasteiger charge is 2.37. The van der Waals surface area contributed by atoms with Crippen LogP contribution >= 0.6 is 0 Å². The number of carbonyl (C=O) groups is 3. The van der Waals surface area contributed by atoms with Crippen molar-refractivity contribution in [1.29, 1.82) is 0 Å². The molecule has 30 heavy (non-hydrogen) atoms. The lowest BCUT2D eigenvalue weighted by atomic mass is 10.0. The first kappa shape index (κ1) is 21.7. The van der Waals surface area contributed by atoms with Crippen LogP contribution in [0.4, 0.5) is 9.59 Å². The maximum Gasteiger partial charge on any atom is 0.511 e. The van der Waals surface area contributed by atoms with Gasteiger partial charge in [-0.05, 0) is 25.1 Å². The number of likely N-dealkylation sites (N-methyl/N-ethyl adjacent to an activating group) is 1. The molecule has 2 atom stereocenters. The summed E-state index contributed by atoms with van der Waals surface area (Å²) in [6.07, 6.45) is -4.13. The zero-order valence-electron chi connectivity index (χ0n) is 16.5. The molecule has 1 aromatic rings. The molecular formula is C18H21NO10S. The van der Waals surface area contributed by atoms with Gasteiger partial charge < -0.3 is 28.6 Å². The van der Waals surface area contributed by atoms with Crippen molar-refractivity contribution in [2.45, 2.75) is 32.3 Å². The maximum absolute atomic E-state index is 12.7. The van der Waals surface area contributed by atoms with E-state index in [1.807, 2.05) is 0 Å². The highest BCUT2D eigenvalue weighted by atomic mass is 32.2. The third-order valence-electron chi connectivity index (χ3n) is 4.58. The van der Waals surface area contributed by atoms with Gasteiger partial charge in [0.05, 0.1) is 17.5 Å². The molecule has 0 aliphatic carbocycles. The van der Waals surface area contributed by atoms with Crippen molar-refractivity contribution >= 4 is 27.9 Å². The number of fused-ring (bicyclic) bond motifs is 1. The van der Waals surface area contributed by atoms with E-state index < -0.39 is 40.5 Å². The number of amides is 1. The first-order valence-corrected chi connectivity index (χ1v) is 10.8. The Morgan fingerprint density at radius 1 is 1.10 bits per heavy atom. The van der Waals surface area contributed by atoms with Crippen LogP contribution in [0.5, 0.6) is 11.5 Å².